The van der Waals surface area contributed by atoms with Crippen LogP contribution in [-0.2, 0) is 0 Å². The number of fused-ring (bicyclic) bond motifs is 6. The molecule has 104 valence electrons. The highest BCUT2D eigenvalue weighted by atomic mass is 16.1. The molecule has 0 spiro atoms. The number of carbonyl (C=O) groups is 1. The molecule has 1 aliphatic heterocycles. The van der Waals surface area contributed by atoms with Gasteiger partial charge in [0.1, 0.15) is 0 Å². The van der Waals surface area contributed by atoms with Crippen LogP contribution in [0.2, 0.25) is 0 Å². The van der Waals surface area contributed by atoms with Crippen LogP contribution in [-0.4, -0.2) is 29.3 Å². The maximum absolute atomic E-state index is 12.6. The van der Waals surface area contributed by atoms with Crippen LogP contribution in [0.4, 0.5) is 0 Å². The van der Waals surface area contributed by atoms with Gasteiger partial charge in [0.25, 0.3) is 0 Å². The minimum atomic E-state index is 0.297. The summed E-state index contributed by atoms with van der Waals surface area (Å²) >= 11 is 0. The lowest BCUT2D eigenvalue weighted by Gasteiger charge is -2.41. The summed E-state index contributed by atoms with van der Waals surface area (Å²) in [6.45, 7) is 3.40. The van der Waals surface area contributed by atoms with Crippen molar-refractivity contribution in [1.29, 1.82) is 0 Å². The molecular formula is C17H20N2O. The van der Waals surface area contributed by atoms with Crippen LogP contribution in [0.3, 0.4) is 0 Å². The minimum absolute atomic E-state index is 0.297. The fraction of sp³-hybridized carbons (Fsp3) is 0.471. The van der Waals surface area contributed by atoms with Gasteiger partial charge in [0.2, 0.25) is 0 Å². The van der Waals surface area contributed by atoms with Crippen molar-refractivity contribution < 1.29 is 4.79 Å². The highest BCUT2D eigenvalue weighted by Crippen LogP contribution is 2.46. The van der Waals surface area contributed by atoms with Gasteiger partial charge in [-0.1, -0.05) is 25.1 Å². The van der Waals surface area contributed by atoms with Crippen molar-refractivity contribution in [3.63, 3.8) is 0 Å². The third-order valence-electron chi connectivity index (χ3n) is 5.34. The molecule has 0 saturated carbocycles. The lowest BCUT2D eigenvalue weighted by molar-refractivity contribution is 0.0729. The summed E-state index contributed by atoms with van der Waals surface area (Å²) in [4.78, 5) is 18.4. The fourth-order valence-electron chi connectivity index (χ4n) is 4.23. The van der Waals surface area contributed by atoms with E-state index in [1.165, 1.54) is 10.9 Å². The Kier molecular flexibility index (Phi) is 2.55. The molecule has 4 rings (SSSR count). The molecule has 1 N–H and O–H groups in total. The number of benzene rings is 1. The summed E-state index contributed by atoms with van der Waals surface area (Å²) in [5.41, 5.74) is 3.19. The van der Waals surface area contributed by atoms with Gasteiger partial charge in [0.05, 0.1) is 5.69 Å². The predicted molar refractivity (Wildman–Crippen MR) is 79.9 cm³/mol. The number of likely N-dealkylation sites (tertiary alicyclic amines) is 1. The molecule has 0 radical (unpaired) electrons. The number of piperidine rings is 1. The number of hydrogen-bond donors (Lipinski definition) is 1. The predicted octanol–water partition coefficient (Wildman–Crippen LogP) is 3.38. The summed E-state index contributed by atoms with van der Waals surface area (Å²) in [5, 5.41) is 1.22. The Labute approximate surface area is 119 Å². The molecule has 3 atom stereocenters. The van der Waals surface area contributed by atoms with E-state index in [1.54, 1.807) is 0 Å². The summed E-state index contributed by atoms with van der Waals surface area (Å²) in [7, 11) is 2.19. The van der Waals surface area contributed by atoms with E-state index in [0.29, 0.717) is 30.1 Å². The van der Waals surface area contributed by atoms with E-state index < -0.39 is 0 Å². The van der Waals surface area contributed by atoms with E-state index in [0.717, 1.165) is 24.2 Å². The molecule has 3 heteroatoms. The minimum Gasteiger partial charge on any atom is -0.352 e. The first-order chi connectivity index (χ1) is 9.66. The number of hydrogen-bond acceptors (Lipinski definition) is 2. The molecule has 1 saturated heterocycles. The van der Waals surface area contributed by atoms with Crippen LogP contribution < -0.4 is 0 Å². The number of aromatic nitrogens is 1. The van der Waals surface area contributed by atoms with Gasteiger partial charge in [-0.3, -0.25) is 9.69 Å². The van der Waals surface area contributed by atoms with Crippen molar-refractivity contribution >= 4 is 16.7 Å². The van der Waals surface area contributed by atoms with Crippen molar-refractivity contribution in [2.75, 3.05) is 13.6 Å². The molecule has 1 aliphatic carbocycles. The molecule has 3 nitrogen and oxygen atoms in total. The Morgan fingerprint density at radius 3 is 2.95 bits per heavy atom. The van der Waals surface area contributed by atoms with Crippen molar-refractivity contribution in [3.8, 4) is 0 Å². The molecule has 1 unspecified atom stereocenters. The van der Waals surface area contributed by atoms with Crippen LogP contribution in [0.15, 0.2) is 24.3 Å². The summed E-state index contributed by atoms with van der Waals surface area (Å²) in [6.07, 6.45) is 1.84. The number of nitrogens with one attached hydrogen (secondary N) is 1. The molecule has 1 aromatic heterocycles. The SMILES string of the molecule is CC1[C@H]2CCN(C)[C@@H]1c1c([nH]c3ccccc13)C(=O)C2. The van der Waals surface area contributed by atoms with E-state index in [9.17, 15) is 4.79 Å². The van der Waals surface area contributed by atoms with Crippen LogP contribution in [0.1, 0.15) is 41.9 Å². The van der Waals surface area contributed by atoms with Crippen molar-refractivity contribution in [2.24, 2.45) is 11.8 Å². The first-order valence-electron chi connectivity index (χ1n) is 7.51. The first-order valence-corrected chi connectivity index (χ1v) is 7.51. The molecule has 2 aliphatic rings. The van der Waals surface area contributed by atoms with Crippen LogP contribution in [0, 0.1) is 11.8 Å². The zero-order valence-corrected chi connectivity index (χ0v) is 12.0. The molecule has 2 bridgehead atoms. The van der Waals surface area contributed by atoms with Gasteiger partial charge in [-0.25, -0.2) is 0 Å². The Morgan fingerprint density at radius 1 is 1.30 bits per heavy atom. The van der Waals surface area contributed by atoms with Crippen molar-refractivity contribution in [2.45, 2.75) is 25.8 Å². The van der Waals surface area contributed by atoms with E-state index in [1.807, 2.05) is 6.07 Å². The topological polar surface area (TPSA) is 36.1 Å². The number of nitrogens with zero attached hydrogens (tertiary/aromatic N) is 1. The number of aromatic amines is 1. The molecule has 2 heterocycles. The van der Waals surface area contributed by atoms with Gasteiger partial charge < -0.3 is 4.98 Å². The zero-order chi connectivity index (χ0) is 13.9. The lowest BCUT2D eigenvalue weighted by Crippen LogP contribution is -2.39. The quantitative estimate of drug-likeness (QED) is 0.795. The average Bonchev–Trinajstić information content (AvgIpc) is 2.79. The second kappa shape index (κ2) is 4.19. The number of H-pyrrole nitrogens is 1. The first kappa shape index (κ1) is 12.2. The highest BCUT2D eigenvalue weighted by Gasteiger charge is 2.41. The molecule has 0 amide bonds. The number of rotatable bonds is 0. The van der Waals surface area contributed by atoms with Crippen LogP contribution in [0.25, 0.3) is 10.9 Å². The summed E-state index contributed by atoms with van der Waals surface area (Å²) in [5.74, 6) is 1.37. The molecule has 1 fully saturated rings. The van der Waals surface area contributed by atoms with E-state index in [4.69, 9.17) is 0 Å². The van der Waals surface area contributed by atoms with Gasteiger partial charge in [-0.05, 0) is 37.9 Å². The van der Waals surface area contributed by atoms with Crippen LogP contribution >= 0.6 is 0 Å². The van der Waals surface area contributed by atoms with Gasteiger partial charge in [-0.15, -0.1) is 0 Å². The van der Waals surface area contributed by atoms with Gasteiger partial charge in [0.15, 0.2) is 5.78 Å². The zero-order valence-electron chi connectivity index (χ0n) is 12.0. The van der Waals surface area contributed by atoms with Gasteiger partial charge in [0, 0.05) is 28.9 Å². The smallest absolute Gasteiger partial charge is 0.179 e. The number of carbonyl (C=O) groups excluding carboxylic acids is 1. The Morgan fingerprint density at radius 2 is 2.10 bits per heavy atom. The van der Waals surface area contributed by atoms with E-state index >= 15 is 0 Å². The second-order valence-electron chi connectivity index (χ2n) is 6.42. The molecule has 20 heavy (non-hydrogen) atoms. The Bertz CT molecular complexity index is 687. The number of para-hydroxylation sites is 1. The van der Waals surface area contributed by atoms with Crippen molar-refractivity contribution in [3.05, 3.63) is 35.5 Å². The average molecular weight is 268 g/mol. The van der Waals surface area contributed by atoms with Gasteiger partial charge >= 0.3 is 0 Å². The van der Waals surface area contributed by atoms with Gasteiger partial charge in [-0.2, -0.15) is 0 Å². The standard InChI is InChI=1S/C17H20N2O/c1-10-11-7-8-19(2)17(10)15-12-5-3-4-6-13(12)18-16(15)14(20)9-11/h3-6,10-11,17-18H,7-9H2,1-2H3/t10?,11-,17-/m0/s1. The third kappa shape index (κ3) is 1.53. The molecule has 2 aromatic rings. The normalized spacial score (nSPS) is 30.3. The molecular weight excluding hydrogens is 248 g/mol. The highest BCUT2D eigenvalue weighted by molar-refractivity contribution is 6.03. The summed E-state index contributed by atoms with van der Waals surface area (Å²) < 4.78 is 0. The third-order valence-corrected chi connectivity index (χ3v) is 5.34. The van der Waals surface area contributed by atoms with E-state index in [2.05, 4.69) is 42.1 Å². The maximum atomic E-state index is 12.6. The second-order valence-corrected chi connectivity index (χ2v) is 6.42. The van der Waals surface area contributed by atoms with E-state index in [-0.39, 0.29) is 0 Å². The Hall–Kier alpha value is -1.61. The van der Waals surface area contributed by atoms with Crippen LogP contribution in [0.5, 0.6) is 0 Å². The van der Waals surface area contributed by atoms with Crippen molar-refractivity contribution in [1.82, 2.24) is 9.88 Å². The monoisotopic (exact) mass is 268 g/mol. The Balaban J connectivity index is 2.02. The number of Topliss-reactive ketones (excluding diaryl/α,β-unsaturated/α-hetero) is 1. The lowest BCUT2D eigenvalue weighted by atomic mass is 9.78. The summed E-state index contributed by atoms with van der Waals surface area (Å²) in [6, 6.07) is 8.68. The molecule has 1 aromatic carbocycles. The number of ketones is 1. The maximum Gasteiger partial charge on any atom is 0.179 e. The largest absolute Gasteiger partial charge is 0.352 e. The fourth-order valence-corrected chi connectivity index (χ4v) is 4.23.